The fraction of sp³-hybridized carbons (Fsp3) is 0.500. The van der Waals surface area contributed by atoms with Crippen molar-refractivity contribution in [1.29, 1.82) is 0 Å². The minimum Gasteiger partial charge on any atom is -0.481 e. The van der Waals surface area contributed by atoms with Crippen molar-refractivity contribution in [2.75, 3.05) is 12.3 Å². The molecule has 1 amide bonds. The summed E-state index contributed by atoms with van der Waals surface area (Å²) in [5.41, 5.74) is 0.566. The number of likely N-dealkylation sites (tertiary alicyclic amines) is 1. The summed E-state index contributed by atoms with van der Waals surface area (Å²) in [6, 6.07) is 13.9. The normalized spacial score (nSPS) is 24.8. The van der Waals surface area contributed by atoms with E-state index in [-0.39, 0.29) is 36.5 Å². The molecule has 7 nitrogen and oxygen atoms in total. The van der Waals surface area contributed by atoms with Gasteiger partial charge in [0.05, 0.1) is 23.6 Å². The SMILES string of the molecule is CCCS(=O)(=O)NC[C@H](C1CC1)N1C(=O)[C@@](C)(CC(=O)O)C[C@H](c2cccc(Cl)c2)[C@H]1c1ccc(Cl)cc1. The van der Waals surface area contributed by atoms with Crippen LogP contribution in [-0.4, -0.2) is 48.6 Å². The Balaban J connectivity index is 1.86. The first-order valence-electron chi connectivity index (χ1n) is 13.0. The molecule has 2 aromatic carbocycles. The van der Waals surface area contributed by atoms with Gasteiger partial charge in [-0.2, -0.15) is 0 Å². The number of carbonyl (C=O) groups is 2. The molecule has 10 heteroatoms. The number of benzene rings is 2. The van der Waals surface area contributed by atoms with Crippen LogP contribution in [0.5, 0.6) is 0 Å². The Morgan fingerprint density at radius 2 is 1.82 bits per heavy atom. The lowest BCUT2D eigenvalue weighted by molar-refractivity contribution is -0.161. The van der Waals surface area contributed by atoms with Crippen LogP contribution in [0.3, 0.4) is 0 Å². The molecule has 0 spiro atoms. The Morgan fingerprint density at radius 3 is 2.39 bits per heavy atom. The number of nitrogens with zero attached hydrogens (tertiary/aromatic N) is 1. The van der Waals surface area contributed by atoms with E-state index in [1.807, 2.05) is 30.3 Å². The van der Waals surface area contributed by atoms with Gasteiger partial charge < -0.3 is 10.0 Å². The van der Waals surface area contributed by atoms with Gasteiger partial charge >= 0.3 is 5.97 Å². The van der Waals surface area contributed by atoms with Gasteiger partial charge in [-0.25, -0.2) is 13.1 Å². The van der Waals surface area contributed by atoms with E-state index in [4.69, 9.17) is 23.2 Å². The van der Waals surface area contributed by atoms with E-state index in [1.165, 1.54) is 0 Å². The molecule has 1 heterocycles. The second-order valence-corrected chi connectivity index (χ2v) is 13.6. The van der Waals surface area contributed by atoms with Gasteiger partial charge in [-0.3, -0.25) is 9.59 Å². The maximum atomic E-state index is 14.3. The number of sulfonamides is 1. The molecular formula is C28H34Cl2N2O5S. The number of piperidine rings is 1. The quantitative estimate of drug-likeness (QED) is 0.358. The summed E-state index contributed by atoms with van der Waals surface area (Å²) in [4.78, 5) is 28.1. The van der Waals surface area contributed by atoms with E-state index < -0.39 is 33.5 Å². The number of carboxylic acids is 1. The number of nitrogens with one attached hydrogen (secondary N) is 1. The molecular weight excluding hydrogens is 547 g/mol. The number of carboxylic acid groups (broad SMARTS) is 1. The molecule has 1 saturated carbocycles. The largest absolute Gasteiger partial charge is 0.481 e. The van der Waals surface area contributed by atoms with Crippen molar-refractivity contribution in [2.45, 2.75) is 64.0 Å². The fourth-order valence-electron chi connectivity index (χ4n) is 5.77. The van der Waals surface area contributed by atoms with E-state index in [0.717, 1.165) is 24.0 Å². The summed E-state index contributed by atoms with van der Waals surface area (Å²) < 4.78 is 27.9. The van der Waals surface area contributed by atoms with Crippen LogP contribution in [0.25, 0.3) is 0 Å². The molecule has 2 aromatic rings. The number of carbonyl (C=O) groups excluding carboxylic acids is 1. The van der Waals surface area contributed by atoms with Crippen LogP contribution in [0.4, 0.5) is 0 Å². The first-order chi connectivity index (χ1) is 17.9. The van der Waals surface area contributed by atoms with E-state index in [9.17, 15) is 23.1 Å². The standard InChI is InChI=1S/C28H34Cl2N2O5S/c1-3-13-38(36,37)31-17-24(18-7-8-18)32-26(19-9-11-21(29)12-10-19)23(20-5-4-6-22(30)14-20)15-28(2,27(32)35)16-25(33)34/h4-6,9-12,14,18,23-24,26,31H,3,7-8,13,15-17H2,1-2H3,(H,33,34)/t23-,24-,26-,28-/m1/s1. The lowest BCUT2D eigenvalue weighted by Gasteiger charge is -2.52. The number of aliphatic carboxylic acids is 1. The molecule has 4 atom stereocenters. The zero-order valence-electron chi connectivity index (χ0n) is 21.6. The first kappa shape index (κ1) is 28.9. The van der Waals surface area contributed by atoms with Crippen molar-refractivity contribution in [2.24, 2.45) is 11.3 Å². The Bertz CT molecular complexity index is 1280. The third-order valence-corrected chi connectivity index (χ3v) is 9.68. The van der Waals surface area contributed by atoms with E-state index in [2.05, 4.69) is 4.72 Å². The average Bonchev–Trinajstić information content (AvgIpc) is 3.67. The van der Waals surface area contributed by atoms with Crippen LogP contribution in [0.15, 0.2) is 48.5 Å². The Hall–Kier alpha value is -2.13. The zero-order chi connectivity index (χ0) is 27.7. The van der Waals surface area contributed by atoms with Gasteiger partial charge in [0.25, 0.3) is 0 Å². The van der Waals surface area contributed by atoms with Crippen molar-refractivity contribution >= 4 is 45.1 Å². The molecule has 4 rings (SSSR count). The summed E-state index contributed by atoms with van der Waals surface area (Å²) in [7, 11) is -3.51. The molecule has 0 bridgehead atoms. The average molecular weight is 582 g/mol. The Morgan fingerprint density at radius 1 is 1.13 bits per heavy atom. The summed E-state index contributed by atoms with van der Waals surface area (Å²) in [6.45, 7) is 3.58. The van der Waals surface area contributed by atoms with Crippen LogP contribution < -0.4 is 4.72 Å². The van der Waals surface area contributed by atoms with Gasteiger partial charge in [-0.15, -0.1) is 0 Å². The predicted octanol–water partition coefficient (Wildman–Crippen LogP) is 5.64. The van der Waals surface area contributed by atoms with Crippen LogP contribution in [0.2, 0.25) is 10.0 Å². The molecule has 206 valence electrons. The first-order valence-corrected chi connectivity index (χ1v) is 15.4. The highest BCUT2D eigenvalue weighted by molar-refractivity contribution is 7.89. The minimum atomic E-state index is -3.51. The van der Waals surface area contributed by atoms with Gasteiger partial charge in [0.1, 0.15) is 0 Å². The number of amides is 1. The summed E-state index contributed by atoms with van der Waals surface area (Å²) in [5, 5.41) is 10.9. The summed E-state index contributed by atoms with van der Waals surface area (Å²) in [6.07, 6.45) is 2.20. The van der Waals surface area contributed by atoms with E-state index in [1.54, 1.807) is 36.9 Å². The molecule has 0 unspecified atom stereocenters. The van der Waals surface area contributed by atoms with Gasteiger partial charge in [0.2, 0.25) is 15.9 Å². The molecule has 38 heavy (non-hydrogen) atoms. The Kier molecular flexibility index (Phi) is 8.77. The third-order valence-electron chi connectivity index (χ3n) is 7.64. The molecule has 1 aliphatic heterocycles. The molecule has 2 aliphatic rings. The molecule has 0 aromatic heterocycles. The second kappa shape index (κ2) is 11.5. The predicted molar refractivity (Wildman–Crippen MR) is 149 cm³/mol. The van der Waals surface area contributed by atoms with Gasteiger partial charge in [-0.1, -0.05) is 61.3 Å². The fourth-order valence-corrected chi connectivity index (χ4v) is 7.20. The highest BCUT2D eigenvalue weighted by atomic mass is 35.5. The van der Waals surface area contributed by atoms with Crippen LogP contribution in [0.1, 0.15) is 69.0 Å². The van der Waals surface area contributed by atoms with Crippen molar-refractivity contribution in [3.05, 3.63) is 69.7 Å². The molecule has 1 aliphatic carbocycles. The summed E-state index contributed by atoms with van der Waals surface area (Å²) >= 11 is 12.6. The maximum Gasteiger partial charge on any atom is 0.304 e. The second-order valence-electron chi connectivity index (χ2n) is 10.8. The smallest absolute Gasteiger partial charge is 0.304 e. The number of hydrogen-bond acceptors (Lipinski definition) is 4. The number of halogens is 2. The lowest BCUT2D eigenvalue weighted by Crippen LogP contribution is -2.59. The van der Waals surface area contributed by atoms with Gasteiger partial charge in [-0.05, 0) is 67.0 Å². The van der Waals surface area contributed by atoms with Crippen molar-refractivity contribution < 1.29 is 23.1 Å². The third kappa shape index (κ3) is 6.53. The van der Waals surface area contributed by atoms with Crippen molar-refractivity contribution in [3.63, 3.8) is 0 Å². The number of rotatable bonds is 11. The van der Waals surface area contributed by atoms with Crippen molar-refractivity contribution in [1.82, 2.24) is 9.62 Å². The number of hydrogen-bond donors (Lipinski definition) is 2. The lowest BCUT2D eigenvalue weighted by atomic mass is 9.67. The Labute approximate surface area is 234 Å². The van der Waals surface area contributed by atoms with Crippen molar-refractivity contribution in [3.8, 4) is 0 Å². The van der Waals surface area contributed by atoms with Crippen LogP contribution >= 0.6 is 23.2 Å². The highest BCUT2D eigenvalue weighted by Gasteiger charge is 2.54. The van der Waals surface area contributed by atoms with Gasteiger partial charge in [0.15, 0.2) is 0 Å². The summed E-state index contributed by atoms with van der Waals surface area (Å²) in [5.74, 6) is -1.48. The maximum absolute atomic E-state index is 14.3. The molecule has 1 saturated heterocycles. The molecule has 2 fully saturated rings. The molecule has 0 radical (unpaired) electrons. The van der Waals surface area contributed by atoms with E-state index in [0.29, 0.717) is 22.9 Å². The molecule has 2 N–H and O–H groups in total. The highest BCUT2D eigenvalue weighted by Crippen LogP contribution is 2.54. The van der Waals surface area contributed by atoms with Crippen LogP contribution in [-0.2, 0) is 19.6 Å². The van der Waals surface area contributed by atoms with Crippen LogP contribution in [0, 0.1) is 11.3 Å². The van der Waals surface area contributed by atoms with E-state index >= 15 is 0 Å². The zero-order valence-corrected chi connectivity index (χ0v) is 23.9. The monoisotopic (exact) mass is 580 g/mol. The van der Waals surface area contributed by atoms with Gasteiger partial charge in [0, 0.05) is 28.5 Å². The minimum absolute atomic E-state index is 0.000808. The topological polar surface area (TPSA) is 104 Å².